The van der Waals surface area contributed by atoms with Crippen molar-refractivity contribution in [2.45, 2.75) is 39.3 Å². The molecular weight excluding hydrogens is 327 g/mol. The van der Waals surface area contributed by atoms with Crippen LogP contribution in [-0.4, -0.2) is 66.4 Å². The maximum Gasteiger partial charge on any atom is 0.406 e. The highest BCUT2D eigenvalue weighted by molar-refractivity contribution is 5.91. The number of hydrogen-bond donors (Lipinski definition) is 1. The smallest absolute Gasteiger partial charge is 0.355 e. The Bertz CT molecular complexity index is 469. The number of carbonyl (C=O) groups is 3. The van der Waals surface area contributed by atoms with Crippen LogP contribution in [0.3, 0.4) is 0 Å². The third kappa shape index (κ3) is 6.37. The van der Waals surface area contributed by atoms with E-state index in [1.807, 2.05) is 13.8 Å². The van der Waals surface area contributed by atoms with E-state index in [1.165, 1.54) is 4.90 Å². The van der Waals surface area contributed by atoms with Crippen LogP contribution in [0, 0.1) is 5.92 Å². The van der Waals surface area contributed by atoms with Gasteiger partial charge in [-0.05, 0) is 12.8 Å². The molecule has 6 nitrogen and oxygen atoms in total. The molecule has 0 aromatic rings. The third-order valence-corrected chi connectivity index (χ3v) is 3.65. The van der Waals surface area contributed by atoms with Crippen molar-refractivity contribution < 1.29 is 27.6 Å². The maximum absolute atomic E-state index is 12.5. The first-order valence-corrected chi connectivity index (χ1v) is 8.08. The highest BCUT2D eigenvalue weighted by Gasteiger charge is 2.41. The molecule has 0 radical (unpaired) electrons. The molecule has 1 fully saturated rings. The van der Waals surface area contributed by atoms with E-state index in [9.17, 15) is 27.6 Å². The quantitative estimate of drug-likeness (QED) is 0.714. The Morgan fingerprint density at radius 1 is 1.29 bits per heavy atom. The van der Waals surface area contributed by atoms with E-state index in [0.29, 0.717) is 24.4 Å². The average molecular weight is 351 g/mol. The van der Waals surface area contributed by atoms with Gasteiger partial charge in [-0.15, -0.1) is 0 Å². The predicted octanol–water partition coefficient (Wildman–Crippen LogP) is 1.16. The minimum atomic E-state index is -4.49. The van der Waals surface area contributed by atoms with Gasteiger partial charge in [0, 0.05) is 26.1 Å². The number of hydrogen-bond acceptors (Lipinski definition) is 3. The van der Waals surface area contributed by atoms with Crippen LogP contribution >= 0.6 is 0 Å². The minimum absolute atomic E-state index is 0.142. The monoisotopic (exact) mass is 351 g/mol. The number of likely N-dealkylation sites (tertiary alicyclic amines) is 1. The van der Waals surface area contributed by atoms with Gasteiger partial charge in [-0.3, -0.25) is 14.4 Å². The van der Waals surface area contributed by atoms with Crippen LogP contribution < -0.4 is 5.32 Å². The number of nitrogens with one attached hydrogen (secondary N) is 1. The highest BCUT2D eigenvalue weighted by Crippen LogP contribution is 2.25. The number of carbonyl (C=O) groups excluding carboxylic acids is 3. The zero-order valence-electron chi connectivity index (χ0n) is 14.0. The molecule has 3 amide bonds. The Labute approximate surface area is 139 Å². The van der Waals surface area contributed by atoms with E-state index in [-0.39, 0.29) is 25.4 Å². The van der Waals surface area contributed by atoms with E-state index >= 15 is 0 Å². The van der Waals surface area contributed by atoms with Crippen molar-refractivity contribution in [2.24, 2.45) is 5.92 Å². The van der Waals surface area contributed by atoms with E-state index in [2.05, 4.69) is 5.32 Å². The van der Waals surface area contributed by atoms with Gasteiger partial charge in [0.15, 0.2) is 0 Å². The second-order valence-electron chi connectivity index (χ2n) is 5.90. The number of halogens is 3. The molecule has 1 saturated heterocycles. The number of alkyl halides is 3. The number of amides is 3. The number of nitrogens with zero attached hydrogens (tertiary/aromatic N) is 2. The second kappa shape index (κ2) is 8.89. The van der Waals surface area contributed by atoms with E-state index in [0.717, 1.165) is 6.42 Å². The van der Waals surface area contributed by atoms with Crippen molar-refractivity contribution in [3.8, 4) is 0 Å². The van der Waals surface area contributed by atoms with Crippen LogP contribution in [0.15, 0.2) is 0 Å². The summed E-state index contributed by atoms with van der Waals surface area (Å²) in [6.07, 6.45) is -3.36. The molecule has 1 rings (SSSR count). The van der Waals surface area contributed by atoms with Crippen LogP contribution in [0.1, 0.15) is 33.1 Å². The number of rotatable bonds is 8. The molecule has 1 aliphatic rings. The molecule has 0 aromatic heterocycles. The van der Waals surface area contributed by atoms with Gasteiger partial charge in [-0.25, -0.2) is 0 Å². The van der Waals surface area contributed by atoms with Crippen LogP contribution in [0.4, 0.5) is 13.2 Å². The summed E-state index contributed by atoms with van der Waals surface area (Å²) in [5.74, 6) is -2.26. The Kier molecular flexibility index (Phi) is 7.50. The van der Waals surface area contributed by atoms with Gasteiger partial charge in [0.25, 0.3) is 0 Å². The first-order chi connectivity index (χ1) is 11.2. The predicted molar refractivity (Wildman–Crippen MR) is 80.9 cm³/mol. The molecule has 1 N–H and O–H groups in total. The average Bonchev–Trinajstić information content (AvgIpc) is 2.83. The van der Waals surface area contributed by atoms with Crippen molar-refractivity contribution in [1.29, 1.82) is 0 Å². The molecule has 0 saturated carbocycles. The lowest BCUT2D eigenvalue weighted by atomic mass is 10.1. The summed E-state index contributed by atoms with van der Waals surface area (Å²) < 4.78 is 37.3. The van der Waals surface area contributed by atoms with Gasteiger partial charge >= 0.3 is 6.18 Å². The molecule has 0 aliphatic carbocycles. The lowest BCUT2D eigenvalue weighted by Crippen LogP contribution is -2.44. The molecule has 138 valence electrons. The van der Waals surface area contributed by atoms with Gasteiger partial charge in [0.05, 0.1) is 12.5 Å². The van der Waals surface area contributed by atoms with Crippen molar-refractivity contribution in [1.82, 2.24) is 15.1 Å². The molecule has 24 heavy (non-hydrogen) atoms. The summed E-state index contributed by atoms with van der Waals surface area (Å²) in [4.78, 5) is 37.9. The minimum Gasteiger partial charge on any atom is -0.355 e. The van der Waals surface area contributed by atoms with E-state index < -0.39 is 30.5 Å². The zero-order valence-corrected chi connectivity index (χ0v) is 14.0. The van der Waals surface area contributed by atoms with Crippen LogP contribution in [-0.2, 0) is 14.4 Å². The van der Waals surface area contributed by atoms with Gasteiger partial charge in [0.1, 0.15) is 6.54 Å². The topological polar surface area (TPSA) is 69.7 Å². The van der Waals surface area contributed by atoms with Gasteiger partial charge in [-0.2, -0.15) is 13.2 Å². The van der Waals surface area contributed by atoms with Crippen molar-refractivity contribution in [3.63, 3.8) is 0 Å². The fourth-order valence-electron chi connectivity index (χ4n) is 2.60. The summed E-state index contributed by atoms with van der Waals surface area (Å²) in [6, 6.07) is 0. The van der Waals surface area contributed by atoms with Crippen LogP contribution in [0.5, 0.6) is 0 Å². The van der Waals surface area contributed by atoms with Crippen LogP contribution in [0.2, 0.25) is 0 Å². The largest absolute Gasteiger partial charge is 0.406 e. The normalized spacial score (nSPS) is 18.0. The first kappa shape index (κ1) is 20.2. The fraction of sp³-hybridized carbons (Fsp3) is 0.800. The van der Waals surface area contributed by atoms with Crippen molar-refractivity contribution in [2.75, 3.05) is 32.7 Å². The standard InChI is InChI=1S/C15H24F3N3O3/c1-3-5-19-12(22)9-20(6-4-2)14(24)11-7-13(23)21(8-11)10-15(16,17)18/h11H,3-10H2,1-2H3,(H,19,22). The fourth-order valence-corrected chi connectivity index (χ4v) is 2.60. The summed E-state index contributed by atoms with van der Waals surface area (Å²) in [7, 11) is 0. The molecule has 1 aliphatic heterocycles. The molecule has 9 heteroatoms. The van der Waals surface area contributed by atoms with Gasteiger partial charge in [-0.1, -0.05) is 13.8 Å². The Morgan fingerprint density at radius 3 is 2.50 bits per heavy atom. The van der Waals surface area contributed by atoms with Gasteiger partial charge < -0.3 is 15.1 Å². The van der Waals surface area contributed by atoms with E-state index in [4.69, 9.17) is 0 Å². The van der Waals surface area contributed by atoms with Crippen LogP contribution in [0.25, 0.3) is 0 Å². The molecule has 1 atom stereocenters. The van der Waals surface area contributed by atoms with E-state index in [1.54, 1.807) is 0 Å². The third-order valence-electron chi connectivity index (χ3n) is 3.65. The second-order valence-corrected chi connectivity index (χ2v) is 5.90. The van der Waals surface area contributed by atoms with Crippen molar-refractivity contribution in [3.05, 3.63) is 0 Å². The molecule has 0 bridgehead atoms. The lowest BCUT2D eigenvalue weighted by Gasteiger charge is -2.25. The molecule has 0 spiro atoms. The zero-order chi connectivity index (χ0) is 18.3. The SMILES string of the molecule is CCCNC(=O)CN(CCC)C(=O)C1CC(=O)N(CC(F)(F)F)C1. The molecule has 1 unspecified atom stereocenters. The summed E-state index contributed by atoms with van der Waals surface area (Å²) in [5, 5.41) is 2.66. The first-order valence-electron chi connectivity index (χ1n) is 8.08. The molecule has 1 heterocycles. The maximum atomic E-state index is 12.5. The summed E-state index contributed by atoms with van der Waals surface area (Å²) in [5.41, 5.74) is 0. The highest BCUT2D eigenvalue weighted by atomic mass is 19.4. The molecule has 0 aromatic carbocycles. The Balaban J connectivity index is 2.67. The summed E-state index contributed by atoms with van der Waals surface area (Å²) in [6.45, 7) is 2.80. The van der Waals surface area contributed by atoms with Gasteiger partial charge in [0.2, 0.25) is 17.7 Å². The Morgan fingerprint density at radius 2 is 1.96 bits per heavy atom. The molecular formula is C15H24F3N3O3. The Hall–Kier alpha value is -1.80. The lowest BCUT2D eigenvalue weighted by molar-refractivity contribution is -0.157. The van der Waals surface area contributed by atoms with Crippen molar-refractivity contribution >= 4 is 17.7 Å². The summed E-state index contributed by atoms with van der Waals surface area (Å²) >= 11 is 0.